The van der Waals surface area contributed by atoms with Crippen molar-refractivity contribution in [3.05, 3.63) is 0 Å². The van der Waals surface area contributed by atoms with Gasteiger partial charge in [0.1, 0.15) is 0 Å². The molecule has 0 radical (unpaired) electrons. The number of rotatable bonds is 1. The normalized spacial score (nSPS) is 16.6. The lowest BCUT2D eigenvalue weighted by Crippen LogP contribution is -2.43. The predicted molar refractivity (Wildman–Crippen MR) is 61.3 cm³/mol. The lowest BCUT2D eigenvalue weighted by atomic mass is 10.4. The van der Waals surface area contributed by atoms with Gasteiger partial charge in [0, 0.05) is 39.8 Å². The lowest BCUT2D eigenvalue weighted by Gasteiger charge is -2.21. The molecule has 0 bridgehead atoms. The Kier molecular flexibility index (Phi) is 4.88. The molecule has 92 valence electrons. The van der Waals surface area contributed by atoms with Crippen molar-refractivity contribution in [3.8, 4) is 0 Å². The van der Waals surface area contributed by atoms with E-state index in [1.54, 1.807) is 16.8 Å². The summed E-state index contributed by atoms with van der Waals surface area (Å²) < 4.78 is 0. The molecule has 1 aliphatic heterocycles. The summed E-state index contributed by atoms with van der Waals surface area (Å²) >= 11 is 0. The first-order valence-electron chi connectivity index (χ1n) is 5.68. The molecule has 6 heteroatoms. The highest BCUT2D eigenvalue weighted by molar-refractivity contribution is 5.75. The number of nitrogens with zero attached hydrogens (tertiary/aromatic N) is 2. The quantitative estimate of drug-likeness (QED) is 0.666. The third kappa shape index (κ3) is 3.29. The second-order valence-corrected chi connectivity index (χ2v) is 3.72. The molecule has 1 fully saturated rings. The SMILES string of the molecule is CCNC(=O)N1CCCN(C(=O)NC)CC1. The maximum Gasteiger partial charge on any atom is 0.317 e. The topological polar surface area (TPSA) is 64.7 Å². The minimum Gasteiger partial charge on any atom is -0.341 e. The zero-order valence-electron chi connectivity index (χ0n) is 9.95. The monoisotopic (exact) mass is 228 g/mol. The average molecular weight is 228 g/mol. The number of amides is 4. The van der Waals surface area contributed by atoms with Gasteiger partial charge in [0.25, 0.3) is 0 Å². The Balaban J connectivity index is 2.46. The van der Waals surface area contributed by atoms with Crippen LogP contribution in [-0.2, 0) is 0 Å². The Labute approximate surface area is 96.0 Å². The number of carbonyl (C=O) groups excluding carboxylic acids is 2. The molecule has 0 aromatic carbocycles. The van der Waals surface area contributed by atoms with Crippen LogP contribution in [0.5, 0.6) is 0 Å². The minimum absolute atomic E-state index is 0.0405. The molecule has 16 heavy (non-hydrogen) atoms. The van der Waals surface area contributed by atoms with Crippen LogP contribution in [0.15, 0.2) is 0 Å². The highest BCUT2D eigenvalue weighted by atomic mass is 16.2. The van der Waals surface area contributed by atoms with Gasteiger partial charge in [0.2, 0.25) is 0 Å². The van der Waals surface area contributed by atoms with Gasteiger partial charge in [-0.3, -0.25) is 0 Å². The van der Waals surface area contributed by atoms with Gasteiger partial charge >= 0.3 is 12.1 Å². The van der Waals surface area contributed by atoms with E-state index < -0.39 is 0 Å². The van der Waals surface area contributed by atoms with Crippen LogP contribution in [-0.4, -0.2) is 61.6 Å². The summed E-state index contributed by atoms with van der Waals surface area (Å²) in [5.74, 6) is 0. The smallest absolute Gasteiger partial charge is 0.317 e. The molecule has 0 aromatic rings. The summed E-state index contributed by atoms with van der Waals surface area (Å²) in [6.07, 6.45) is 0.824. The van der Waals surface area contributed by atoms with E-state index in [0.717, 1.165) is 6.42 Å². The van der Waals surface area contributed by atoms with E-state index >= 15 is 0 Å². The van der Waals surface area contributed by atoms with Crippen LogP contribution in [0.25, 0.3) is 0 Å². The van der Waals surface area contributed by atoms with Crippen molar-refractivity contribution < 1.29 is 9.59 Å². The van der Waals surface area contributed by atoms with Crippen molar-refractivity contribution in [2.75, 3.05) is 39.8 Å². The number of hydrogen-bond donors (Lipinski definition) is 2. The second kappa shape index (κ2) is 6.19. The third-order valence-electron chi connectivity index (χ3n) is 2.61. The summed E-state index contributed by atoms with van der Waals surface area (Å²) in [7, 11) is 1.62. The molecule has 1 aliphatic rings. The van der Waals surface area contributed by atoms with Gasteiger partial charge in [-0.2, -0.15) is 0 Å². The molecule has 0 atom stereocenters. The zero-order chi connectivity index (χ0) is 12.0. The molecule has 2 N–H and O–H groups in total. The minimum atomic E-state index is -0.0715. The van der Waals surface area contributed by atoms with Crippen molar-refractivity contribution in [1.29, 1.82) is 0 Å². The van der Waals surface area contributed by atoms with E-state index in [1.807, 2.05) is 6.92 Å². The van der Waals surface area contributed by atoms with Crippen LogP contribution in [0.1, 0.15) is 13.3 Å². The molecule has 4 amide bonds. The number of nitrogens with one attached hydrogen (secondary N) is 2. The number of urea groups is 2. The summed E-state index contributed by atoms with van der Waals surface area (Å²) in [5.41, 5.74) is 0. The van der Waals surface area contributed by atoms with Gasteiger partial charge in [0.15, 0.2) is 0 Å². The summed E-state index contributed by atoms with van der Waals surface area (Å²) in [4.78, 5) is 26.5. The average Bonchev–Trinajstić information content (AvgIpc) is 2.53. The molecule has 0 unspecified atom stereocenters. The van der Waals surface area contributed by atoms with E-state index in [4.69, 9.17) is 0 Å². The van der Waals surface area contributed by atoms with Gasteiger partial charge in [-0.1, -0.05) is 0 Å². The summed E-state index contributed by atoms with van der Waals surface area (Å²) in [5, 5.41) is 5.37. The van der Waals surface area contributed by atoms with Crippen molar-refractivity contribution in [2.24, 2.45) is 0 Å². The molecule has 1 saturated heterocycles. The van der Waals surface area contributed by atoms with E-state index in [9.17, 15) is 9.59 Å². The molecule has 1 heterocycles. The zero-order valence-corrected chi connectivity index (χ0v) is 9.95. The van der Waals surface area contributed by atoms with E-state index in [2.05, 4.69) is 10.6 Å². The molecule has 0 saturated carbocycles. The maximum atomic E-state index is 11.6. The lowest BCUT2D eigenvalue weighted by molar-refractivity contribution is 0.192. The highest BCUT2D eigenvalue weighted by Crippen LogP contribution is 2.03. The number of carbonyl (C=O) groups is 2. The van der Waals surface area contributed by atoms with Crippen molar-refractivity contribution in [3.63, 3.8) is 0 Å². The van der Waals surface area contributed by atoms with Crippen molar-refractivity contribution in [2.45, 2.75) is 13.3 Å². The molecule has 0 aromatic heterocycles. The molecule has 6 nitrogen and oxygen atoms in total. The Hall–Kier alpha value is -1.46. The van der Waals surface area contributed by atoms with Crippen LogP contribution in [0.2, 0.25) is 0 Å². The molecular weight excluding hydrogens is 208 g/mol. The van der Waals surface area contributed by atoms with E-state index in [-0.39, 0.29) is 12.1 Å². The molecular formula is C10H20N4O2. The Morgan fingerprint density at radius 2 is 1.62 bits per heavy atom. The first kappa shape index (κ1) is 12.6. The van der Waals surface area contributed by atoms with Crippen molar-refractivity contribution in [1.82, 2.24) is 20.4 Å². The van der Waals surface area contributed by atoms with Gasteiger partial charge < -0.3 is 20.4 Å². The Morgan fingerprint density at radius 3 is 2.12 bits per heavy atom. The van der Waals surface area contributed by atoms with Crippen molar-refractivity contribution >= 4 is 12.1 Å². The second-order valence-electron chi connectivity index (χ2n) is 3.72. The van der Waals surface area contributed by atoms with E-state index in [0.29, 0.717) is 32.7 Å². The fraction of sp³-hybridized carbons (Fsp3) is 0.800. The van der Waals surface area contributed by atoms with Gasteiger partial charge in [-0.05, 0) is 13.3 Å². The largest absolute Gasteiger partial charge is 0.341 e. The van der Waals surface area contributed by atoms with Crippen LogP contribution in [0.4, 0.5) is 9.59 Å². The van der Waals surface area contributed by atoms with Crippen LogP contribution in [0, 0.1) is 0 Å². The first-order valence-corrected chi connectivity index (χ1v) is 5.68. The predicted octanol–water partition coefficient (Wildman–Crippen LogP) is 0.0630. The van der Waals surface area contributed by atoms with E-state index in [1.165, 1.54) is 0 Å². The number of hydrogen-bond acceptors (Lipinski definition) is 2. The van der Waals surface area contributed by atoms with Crippen LogP contribution >= 0.6 is 0 Å². The fourth-order valence-corrected chi connectivity index (χ4v) is 1.74. The van der Waals surface area contributed by atoms with Crippen LogP contribution in [0.3, 0.4) is 0 Å². The maximum absolute atomic E-state index is 11.6. The van der Waals surface area contributed by atoms with Gasteiger partial charge in [-0.25, -0.2) is 9.59 Å². The first-order chi connectivity index (χ1) is 7.69. The summed E-state index contributed by atoms with van der Waals surface area (Å²) in [6, 6.07) is -0.112. The fourth-order valence-electron chi connectivity index (χ4n) is 1.74. The molecule has 0 aliphatic carbocycles. The van der Waals surface area contributed by atoms with Gasteiger partial charge in [-0.15, -0.1) is 0 Å². The standard InChI is InChI=1S/C10H20N4O2/c1-3-12-10(16)14-6-4-5-13(7-8-14)9(15)11-2/h3-8H2,1-2H3,(H,11,15)(H,12,16). The Morgan fingerprint density at radius 1 is 1.06 bits per heavy atom. The summed E-state index contributed by atoms with van der Waals surface area (Å²) in [6.45, 7) is 5.13. The highest BCUT2D eigenvalue weighted by Gasteiger charge is 2.20. The molecule has 0 spiro atoms. The van der Waals surface area contributed by atoms with Crippen LogP contribution < -0.4 is 10.6 Å². The third-order valence-corrected chi connectivity index (χ3v) is 2.61. The molecule has 1 rings (SSSR count). The Bertz CT molecular complexity index is 257. The van der Waals surface area contributed by atoms with Gasteiger partial charge in [0.05, 0.1) is 0 Å².